The second-order valence-corrected chi connectivity index (χ2v) is 17.3. The summed E-state index contributed by atoms with van der Waals surface area (Å²) in [6.07, 6.45) is 9.41. The number of hydrogen-bond donors (Lipinski definition) is 0. The summed E-state index contributed by atoms with van der Waals surface area (Å²) in [6.45, 7) is 10.5. The SMILES string of the molecule is CC(CCC=O)N(C)Cc1cc(N2CCN(Cc3ccc(COCCOC4CCN(Cc5cc(C(F)(F)F)c6cn(C7CC=CCC7)c(=O)n6c5)CC4)cc3)CC2)ccc1C=O. The fraction of sp³-hybridized carbons (Fsp3) is 0.521. The molecule has 0 bridgehead atoms. The number of rotatable bonds is 19. The number of anilines is 1. The van der Waals surface area contributed by atoms with Gasteiger partial charge in [-0.2, -0.15) is 13.2 Å². The second-order valence-electron chi connectivity index (χ2n) is 17.3. The number of imidazole rings is 1. The van der Waals surface area contributed by atoms with Gasteiger partial charge in [0.15, 0.2) is 0 Å². The molecule has 0 N–H and O–H groups in total. The smallest absolute Gasteiger partial charge is 0.376 e. The summed E-state index contributed by atoms with van der Waals surface area (Å²) in [6, 6.07) is 16.0. The van der Waals surface area contributed by atoms with E-state index in [4.69, 9.17) is 9.47 Å². The van der Waals surface area contributed by atoms with Crippen LogP contribution in [0, 0.1) is 0 Å². The summed E-state index contributed by atoms with van der Waals surface area (Å²) in [5, 5.41) is 0. The zero-order chi connectivity index (χ0) is 43.6. The highest BCUT2D eigenvalue weighted by molar-refractivity contribution is 5.78. The Labute approximate surface area is 362 Å². The quantitative estimate of drug-likeness (QED) is 0.0540. The van der Waals surface area contributed by atoms with Gasteiger partial charge in [0.05, 0.1) is 37.0 Å². The number of piperidine rings is 1. The summed E-state index contributed by atoms with van der Waals surface area (Å²) in [7, 11) is 2.04. The number of piperazine rings is 1. The molecule has 2 unspecified atom stereocenters. The Bertz CT molecular complexity index is 2190. The lowest BCUT2D eigenvalue weighted by molar-refractivity contribution is -0.136. The third-order valence-corrected chi connectivity index (χ3v) is 12.9. The molecule has 2 aromatic heterocycles. The van der Waals surface area contributed by atoms with Gasteiger partial charge in [0.25, 0.3) is 0 Å². The van der Waals surface area contributed by atoms with Crippen LogP contribution < -0.4 is 10.6 Å². The first-order valence-corrected chi connectivity index (χ1v) is 22.2. The Morgan fingerprint density at radius 3 is 2.27 bits per heavy atom. The van der Waals surface area contributed by atoms with Crippen molar-refractivity contribution in [3.05, 3.63) is 117 Å². The van der Waals surface area contributed by atoms with Crippen molar-refractivity contribution in [2.75, 3.05) is 64.4 Å². The highest BCUT2D eigenvalue weighted by Crippen LogP contribution is 2.34. The molecule has 3 aliphatic rings. The summed E-state index contributed by atoms with van der Waals surface area (Å²) >= 11 is 0. The van der Waals surface area contributed by atoms with Crippen LogP contribution in [0.3, 0.4) is 0 Å². The molecule has 4 aromatic rings. The van der Waals surface area contributed by atoms with Crippen molar-refractivity contribution in [2.45, 2.75) is 102 Å². The number of pyridine rings is 1. The van der Waals surface area contributed by atoms with Gasteiger partial charge in [0, 0.05) is 101 Å². The Balaban J connectivity index is 0.800. The van der Waals surface area contributed by atoms with Gasteiger partial charge in [-0.15, -0.1) is 0 Å². The number of carbonyl (C=O) groups excluding carboxylic acids is 2. The van der Waals surface area contributed by atoms with Gasteiger partial charge in [-0.3, -0.25) is 28.5 Å². The van der Waals surface area contributed by atoms with E-state index in [0.29, 0.717) is 70.0 Å². The van der Waals surface area contributed by atoms with Gasteiger partial charge in [-0.05, 0) is 99.0 Å². The normalized spacial score (nSPS) is 18.8. The topological polar surface area (TPSA) is 92.0 Å². The number of carbonyl (C=O) groups is 2. The van der Waals surface area contributed by atoms with E-state index in [0.717, 1.165) is 94.2 Å². The molecule has 2 saturated heterocycles. The van der Waals surface area contributed by atoms with Crippen molar-refractivity contribution in [3.8, 4) is 0 Å². The van der Waals surface area contributed by atoms with Crippen molar-refractivity contribution in [2.24, 2.45) is 0 Å². The maximum atomic E-state index is 14.2. The van der Waals surface area contributed by atoms with Gasteiger partial charge in [-0.1, -0.05) is 36.4 Å². The molecule has 2 aromatic carbocycles. The number of alkyl halides is 3. The fourth-order valence-corrected chi connectivity index (χ4v) is 8.98. The molecular formula is C48H61F3N6O5. The molecule has 0 saturated carbocycles. The lowest BCUT2D eigenvalue weighted by Gasteiger charge is -2.36. The van der Waals surface area contributed by atoms with Crippen molar-refractivity contribution in [3.63, 3.8) is 0 Å². The highest BCUT2D eigenvalue weighted by atomic mass is 19.4. The molecule has 0 spiro atoms. The standard InChI is InChI=1S/C48H61F3N6O5/c1-36(7-6-24-58)52(2)32-41-28-43(15-14-40(41)34-59)55-22-20-54(21-23-55)29-37-10-12-38(13-11-37)35-61-25-26-62-44-16-18-53(19-17-44)30-39-27-45(48(49,50)51)46-33-56(47(60)57(46)31-39)42-8-4-3-5-9-42/h3-4,10-15,24,27-28,31,33-34,36,42,44H,5-9,16-23,25-26,29-30,32,35H2,1-2H3. The van der Waals surface area contributed by atoms with Gasteiger partial charge >= 0.3 is 11.9 Å². The lowest BCUT2D eigenvalue weighted by atomic mass is 10.0. The molecule has 334 valence electrons. The monoisotopic (exact) mass is 858 g/mol. The second kappa shape index (κ2) is 21.2. The van der Waals surface area contributed by atoms with Crippen LogP contribution in [-0.4, -0.2) is 108 Å². The highest BCUT2D eigenvalue weighted by Gasteiger charge is 2.35. The number of ether oxygens (including phenoxy) is 2. The molecule has 2 fully saturated rings. The van der Waals surface area contributed by atoms with E-state index in [1.54, 1.807) is 6.20 Å². The third kappa shape index (κ3) is 11.7. The van der Waals surface area contributed by atoms with E-state index in [2.05, 4.69) is 56.9 Å². The minimum atomic E-state index is -4.57. The van der Waals surface area contributed by atoms with E-state index in [1.807, 2.05) is 31.3 Å². The van der Waals surface area contributed by atoms with Crippen LogP contribution in [0.15, 0.2) is 77.9 Å². The first-order chi connectivity index (χ1) is 30.0. The minimum Gasteiger partial charge on any atom is -0.376 e. The molecule has 0 amide bonds. The zero-order valence-electron chi connectivity index (χ0n) is 36.1. The molecule has 11 nitrogen and oxygen atoms in total. The molecule has 7 rings (SSSR count). The number of fused-ring (bicyclic) bond motifs is 1. The Morgan fingerprint density at radius 1 is 0.855 bits per heavy atom. The van der Waals surface area contributed by atoms with Crippen molar-refractivity contribution >= 4 is 23.8 Å². The molecular weight excluding hydrogens is 798 g/mol. The summed E-state index contributed by atoms with van der Waals surface area (Å²) < 4.78 is 57.4. The summed E-state index contributed by atoms with van der Waals surface area (Å²) in [5.41, 5.74) is 4.38. The van der Waals surface area contributed by atoms with Crippen LogP contribution >= 0.6 is 0 Å². The average Bonchev–Trinajstić information content (AvgIpc) is 3.61. The van der Waals surface area contributed by atoms with Crippen LogP contribution in [0.1, 0.15) is 96.1 Å². The lowest BCUT2D eigenvalue weighted by Crippen LogP contribution is -2.46. The number of aromatic nitrogens is 2. The van der Waals surface area contributed by atoms with E-state index in [1.165, 1.54) is 26.8 Å². The number of halogens is 3. The fourth-order valence-electron chi connectivity index (χ4n) is 8.98. The minimum absolute atomic E-state index is 0.0624. The Morgan fingerprint density at radius 2 is 1.58 bits per heavy atom. The van der Waals surface area contributed by atoms with E-state index in [9.17, 15) is 27.6 Å². The van der Waals surface area contributed by atoms with Gasteiger partial charge in [-0.25, -0.2) is 4.79 Å². The van der Waals surface area contributed by atoms with E-state index < -0.39 is 17.4 Å². The van der Waals surface area contributed by atoms with Gasteiger partial charge in [0.1, 0.15) is 12.6 Å². The number of aldehydes is 2. The number of benzene rings is 2. The van der Waals surface area contributed by atoms with Crippen molar-refractivity contribution < 1.29 is 32.2 Å². The van der Waals surface area contributed by atoms with Crippen molar-refractivity contribution in [1.82, 2.24) is 23.7 Å². The van der Waals surface area contributed by atoms with Crippen LogP contribution in [0.25, 0.3) is 5.52 Å². The molecule has 1 aliphatic carbocycles. The maximum absolute atomic E-state index is 14.2. The third-order valence-electron chi connectivity index (χ3n) is 12.9. The van der Waals surface area contributed by atoms with E-state index in [-0.39, 0.29) is 23.7 Å². The Kier molecular flexibility index (Phi) is 15.5. The zero-order valence-corrected chi connectivity index (χ0v) is 36.1. The number of likely N-dealkylation sites (tertiary alicyclic amines) is 1. The number of hydrogen-bond acceptors (Lipinski definition) is 9. The molecule has 2 aliphatic heterocycles. The summed E-state index contributed by atoms with van der Waals surface area (Å²) in [4.78, 5) is 45.1. The van der Waals surface area contributed by atoms with Crippen LogP contribution in [0.5, 0.6) is 0 Å². The van der Waals surface area contributed by atoms with Gasteiger partial charge in [0.2, 0.25) is 0 Å². The molecule has 14 heteroatoms. The largest absolute Gasteiger partial charge is 0.418 e. The first kappa shape index (κ1) is 45.4. The van der Waals surface area contributed by atoms with Crippen LogP contribution in [0.2, 0.25) is 0 Å². The van der Waals surface area contributed by atoms with Crippen molar-refractivity contribution in [1.29, 1.82) is 0 Å². The predicted molar refractivity (Wildman–Crippen MR) is 235 cm³/mol. The number of allylic oxidation sites excluding steroid dienone is 2. The first-order valence-electron chi connectivity index (χ1n) is 22.2. The summed E-state index contributed by atoms with van der Waals surface area (Å²) in [5.74, 6) is 0. The van der Waals surface area contributed by atoms with Crippen LogP contribution in [0.4, 0.5) is 18.9 Å². The van der Waals surface area contributed by atoms with E-state index >= 15 is 0 Å². The molecule has 2 atom stereocenters. The van der Waals surface area contributed by atoms with Gasteiger partial charge < -0.3 is 19.2 Å². The Hall–Kier alpha value is -4.60. The maximum Gasteiger partial charge on any atom is 0.418 e. The molecule has 4 heterocycles. The predicted octanol–water partition coefficient (Wildman–Crippen LogP) is 7.53. The molecule has 62 heavy (non-hydrogen) atoms. The average molecular weight is 859 g/mol. The molecule has 0 radical (unpaired) electrons. The van der Waals surface area contributed by atoms with Crippen LogP contribution in [-0.2, 0) is 46.7 Å². The number of nitrogens with zero attached hydrogens (tertiary/aromatic N) is 6.